The first-order valence-electron chi connectivity index (χ1n) is 8.35. The molecule has 0 bridgehead atoms. The molecule has 7 nitrogen and oxygen atoms in total. The van der Waals surface area contributed by atoms with E-state index in [1.807, 2.05) is 26.0 Å². The summed E-state index contributed by atoms with van der Waals surface area (Å²) in [6, 6.07) is 11.5. The number of nitro benzene ring substituents is 1. The number of para-hydroxylation sites is 1. The number of nitro groups is 1. The highest BCUT2D eigenvalue weighted by atomic mass is 32.2. The number of sulfonamides is 1. The third kappa shape index (κ3) is 5.27. The molecule has 0 fully saturated rings. The SMILES string of the molecule is Cc1ccc(NCCCCNS(=O)(=O)c2ccccc2[N+](=O)[O-])c(C)c1. The Morgan fingerprint density at radius 3 is 2.42 bits per heavy atom. The Hall–Kier alpha value is -2.45. The molecule has 0 saturated heterocycles. The van der Waals surface area contributed by atoms with Gasteiger partial charge in [-0.25, -0.2) is 13.1 Å². The second kappa shape index (κ2) is 8.77. The Morgan fingerprint density at radius 2 is 1.73 bits per heavy atom. The van der Waals surface area contributed by atoms with E-state index in [0.717, 1.165) is 18.7 Å². The minimum Gasteiger partial charge on any atom is -0.385 e. The van der Waals surface area contributed by atoms with E-state index < -0.39 is 20.6 Å². The molecule has 0 unspecified atom stereocenters. The largest absolute Gasteiger partial charge is 0.385 e. The van der Waals surface area contributed by atoms with Gasteiger partial charge in [-0.1, -0.05) is 29.8 Å². The molecule has 2 aromatic rings. The van der Waals surface area contributed by atoms with Crippen LogP contribution in [0.4, 0.5) is 11.4 Å². The Bertz CT molecular complexity index is 882. The monoisotopic (exact) mass is 377 g/mol. The molecule has 2 aromatic carbocycles. The smallest absolute Gasteiger partial charge is 0.289 e. The Morgan fingerprint density at radius 1 is 1.04 bits per heavy atom. The first-order chi connectivity index (χ1) is 12.3. The topological polar surface area (TPSA) is 101 Å². The molecule has 0 radical (unpaired) electrons. The van der Waals surface area contributed by atoms with Crippen molar-refractivity contribution < 1.29 is 13.3 Å². The number of rotatable bonds is 9. The van der Waals surface area contributed by atoms with Crippen LogP contribution in [0.2, 0.25) is 0 Å². The van der Waals surface area contributed by atoms with Gasteiger partial charge in [-0.2, -0.15) is 0 Å². The number of aryl methyl sites for hydroxylation is 2. The zero-order valence-corrected chi connectivity index (χ0v) is 15.7. The quantitative estimate of drug-likeness (QED) is 0.396. The number of unbranched alkanes of at least 4 members (excludes halogenated alkanes) is 1. The fourth-order valence-corrected chi connectivity index (χ4v) is 3.85. The first-order valence-corrected chi connectivity index (χ1v) is 9.84. The van der Waals surface area contributed by atoms with Crippen molar-refractivity contribution >= 4 is 21.4 Å². The molecule has 0 amide bonds. The maximum Gasteiger partial charge on any atom is 0.289 e. The molecule has 26 heavy (non-hydrogen) atoms. The van der Waals surface area contributed by atoms with Gasteiger partial charge in [-0.05, 0) is 44.4 Å². The van der Waals surface area contributed by atoms with Crippen molar-refractivity contribution in [2.45, 2.75) is 31.6 Å². The van der Waals surface area contributed by atoms with Gasteiger partial charge in [-0.15, -0.1) is 0 Å². The highest BCUT2D eigenvalue weighted by Gasteiger charge is 2.24. The molecule has 8 heteroatoms. The lowest BCUT2D eigenvalue weighted by Gasteiger charge is -2.10. The van der Waals surface area contributed by atoms with Crippen LogP contribution in [-0.4, -0.2) is 26.4 Å². The van der Waals surface area contributed by atoms with E-state index in [0.29, 0.717) is 6.42 Å². The summed E-state index contributed by atoms with van der Waals surface area (Å²) < 4.78 is 26.9. The molecule has 0 aliphatic rings. The van der Waals surface area contributed by atoms with E-state index in [-0.39, 0.29) is 11.4 Å². The van der Waals surface area contributed by atoms with Gasteiger partial charge in [0.25, 0.3) is 5.69 Å². The molecular weight excluding hydrogens is 354 g/mol. The highest BCUT2D eigenvalue weighted by molar-refractivity contribution is 7.89. The molecule has 0 aliphatic carbocycles. The lowest BCUT2D eigenvalue weighted by molar-refractivity contribution is -0.387. The summed E-state index contributed by atoms with van der Waals surface area (Å²) in [7, 11) is -3.90. The summed E-state index contributed by atoms with van der Waals surface area (Å²) in [4.78, 5) is 9.97. The molecular formula is C18H23N3O4S. The van der Waals surface area contributed by atoms with Crippen molar-refractivity contribution in [3.8, 4) is 0 Å². The van der Waals surface area contributed by atoms with Crippen molar-refractivity contribution in [3.63, 3.8) is 0 Å². The highest BCUT2D eigenvalue weighted by Crippen LogP contribution is 2.22. The number of anilines is 1. The summed E-state index contributed by atoms with van der Waals surface area (Å²) in [5, 5.41) is 14.3. The molecule has 0 atom stereocenters. The van der Waals surface area contributed by atoms with Gasteiger partial charge in [0, 0.05) is 24.8 Å². The Balaban J connectivity index is 1.81. The van der Waals surface area contributed by atoms with Crippen molar-refractivity contribution in [2.24, 2.45) is 0 Å². The molecule has 0 spiro atoms. The third-order valence-electron chi connectivity index (χ3n) is 3.94. The summed E-state index contributed by atoms with van der Waals surface area (Å²) in [6.07, 6.45) is 1.39. The number of hydrogen-bond donors (Lipinski definition) is 2. The van der Waals surface area contributed by atoms with Crippen molar-refractivity contribution in [1.29, 1.82) is 0 Å². The van der Waals surface area contributed by atoms with Crippen LogP contribution in [0.1, 0.15) is 24.0 Å². The zero-order chi connectivity index (χ0) is 19.2. The standard InChI is InChI=1S/C18H23N3O4S/c1-14-9-10-16(15(2)13-14)19-11-5-6-12-20-26(24,25)18-8-4-3-7-17(18)21(22)23/h3-4,7-10,13,19-20H,5-6,11-12H2,1-2H3. The molecule has 0 heterocycles. The lowest BCUT2D eigenvalue weighted by Crippen LogP contribution is -2.25. The minimum atomic E-state index is -3.90. The van der Waals surface area contributed by atoms with Gasteiger partial charge in [0.1, 0.15) is 0 Å². The normalized spacial score (nSPS) is 11.3. The number of nitrogens with zero attached hydrogens (tertiary/aromatic N) is 1. The number of nitrogens with one attached hydrogen (secondary N) is 2. The first kappa shape index (κ1) is 19.9. The molecule has 2 rings (SSSR count). The van der Waals surface area contributed by atoms with Gasteiger partial charge in [0.2, 0.25) is 10.0 Å². The predicted octanol–water partition coefficient (Wildman–Crippen LogP) is 3.38. The lowest BCUT2D eigenvalue weighted by atomic mass is 10.1. The zero-order valence-electron chi connectivity index (χ0n) is 14.9. The van der Waals surface area contributed by atoms with Crippen molar-refractivity contribution in [2.75, 3.05) is 18.4 Å². The summed E-state index contributed by atoms with van der Waals surface area (Å²) >= 11 is 0. The Kier molecular flexibility index (Phi) is 6.70. The second-order valence-corrected chi connectivity index (χ2v) is 7.81. The van der Waals surface area contributed by atoms with E-state index in [1.54, 1.807) is 0 Å². The van der Waals surface area contributed by atoms with Gasteiger partial charge in [-0.3, -0.25) is 10.1 Å². The van der Waals surface area contributed by atoms with Gasteiger partial charge >= 0.3 is 0 Å². The predicted molar refractivity (Wildman–Crippen MR) is 102 cm³/mol. The van der Waals surface area contributed by atoms with E-state index in [1.165, 1.54) is 35.4 Å². The Labute approximate surface area is 153 Å². The number of benzene rings is 2. The van der Waals surface area contributed by atoms with Gasteiger partial charge < -0.3 is 5.32 Å². The summed E-state index contributed by atoms with van der Waals surface area (Å²) in [5.41, 5.74) is 3.02. The van der Waals surface area contributed by atoms with Crippen LogP contribution in [-0.2, 0) is 10.0 Å². The maximum absolute atomic E-state index is 12.3. The fraction of sp³-hybridized carbons (Fsp3) is 0.333. The summed E-state index contributed by atoms with van der Waals surface area (Å²) in [5.74, 6) is 0. The van der Waals surface area contributed by atoms with Crippen molar-refractivity contribution in [3.05, 3.63) is 63.7 Å². The molecule has 0 aliphatic heterocycles. The van der Waals surface area contributed by atoms with Crippen LogP contribution in [0.3, 0.4) is 0 Å². The number of hydrogen-bond acceptors (Lipinski definition) is 5. The van der Waals surface area contributed by atoms with Crippen LogP contribution in [0.25, 0.3) is 0 Å². The van der Waals surface area contributed by atoms with Gasteiger partial charge in [0.15, 0.2) is 4.90 Å². The van der Waals surface area contributed by atoms with Crippen LogP contribution < -0.4 is 10.0 Å². The van der Waals surface area contributed by atoms with Crippen LogP contribution in [0.5, 0.6) is 0 Å². The van der Waals surface area contributed by atoms with Crippen LogP contribution in [0, 0.1) is 24.0 Å². The molecule has 140 valence electrons. The van der Waals surface area contributed by atoms with E-state index in [9.17, 15) is 18.5 Å². The maximum atomic E-state index is 12.3. The molecule has 2 N–H and O–H groups in total. The molecule has 0 aromatic heterocycles. The van der Waals surface area contributed by atoms with Gasteiger partial charge in [0.05, 0.1) is 4.92 Å². The average molecular weight is 377 g/mol. The minimum absolute atomic E-state index is 0.225. The average Bonchev–Trinajstić information content (AvgIpc) is 2.59. The van der Waals surface area contributed by atoms with E-state index >= 15 is 0 Å². The third-order valence-corrected chi connectivity index (χ3v) is 5.45. The van der Waals surface area contributed by atoms with Crippen LogP contribution in [0.15, 0.2) is 47.4 Å². The fourth-order valence-electron chi connectivity index (χ4n) is 2.60. The van der Waals surface area contributed by atoms with Crippen LogP contribution >= 0.6 is 0 Å². The second-order valence-electron chi connectivity index (χ2n) is 6.07. The van der Waals surface area contributed by atoms with E-state index in [2.05, 4.69) is 16.1 Å². The molecule has 0 saturated carbocycles. The van der Waals surface area contributed by atoms with E-state index in [4.69, 9.17) is 0 Å². The van der Waals surface area contributed by atoms with Crippen molar-refractivity contribution in [1.82, 2.24) is 4.72 Å². The summed E-state index contributed by atoms with van der Waals surface area (Å²) in [6.45, 7) is 5.02.